The van der Waals surface area contributed by atoms with Gasteiger partial charge in [0, 0.05) is 10.6 Å². The zero-order valence-corrected chi connectivity index (χ0v) is 22.4. The molecule has 1 aromatic heterocycles. The minimum atomic E-state index is -0.732. The van der Waals surface area contributed by atoms with Crippen molar-refractivity contribution in [3.63, 3.8) is 0 Å². The van der Waals surface area contributed by atoms with Crippen LogP contribution in [0.2, 0.25) is 5.02 Å². The fourth-order valence-electron chi connectivity index (χ4n) is 4.04. The van der Waals surface area contributed by atoms with Gasteiger partial charge in [-0.25, -0.2) is 9.79 Å². The number of carbonyl (C=O) groups is 1. The average Bonchev–Trinajstić information content (AvgIpc) is 3.16. The Morgan fingerprint density at radius 1 is 1.27 bits per heavy atom. The van der Waals surface area contributed by atoms with Crippen molar-refractivity contribution < 1.29 is 19.0 Å². The van der Waals surface area contributed by atoms with E-state index in [0.29, 0.717) is 48.3 Å². The van der Waals surface area contributed by atoms with Crippen LogP contribution < -0.4 is 24.4 Å². The van der Waals surface area contributed by atoms with Crippen molar-refractivity contribution in [1.29, 1.82) is 0 Å². The van der Waals surface area contributed by atoms with E-state index in [4.69, 9.17) is 32.2 Å². The minimum Gasteiger partial charge on any atom is -0.493 e. The number of aromatic nitrogens is 1. The van der Waals surface area contributed by atoms with E-state index < -0.39 is 12.0 Å². The first-order valence-electron chi connectivity index (χ1n) is 11.5. The summed E-state index contributed by atoms with van der Waals surface area (Å²) in [7, 11) is 1.53. The van der Waals surface area contributed by atoms with Gasteiger partial charge < -0.3 is 14.2 Å². The average molecular weight is 537 g/mol. The van der Waals surface area contributed by atoms with Crippen molar-refractivity contribution >= 4 is 35.0 Å². The number of ether oxygens (including phenoxy) is 3. The summed E-state index contributed by atoms with van der Waals surface area (Å²) >= 11 is 7.34. The highest BCUT2D eigenvalue weighted by molar-refractivity contribution is 7.07. The SMILES string of the molecule is C#CCOc1c(C=c2sc3n(c2=O)C(c2ccc(Cl)cc2)C(C(=O)OC(C)C)=C(C)N=3)cccc1OC. The van der Waals surface area contributed by atoms with Crippen molar-refractivity contribution in [1.82, 2.24) is 4.57 Å². The van der Waals surface area contributed by atoms with Gasteiger partial charge in [-0.1, -0.05) is 53.1 Å². The fraction of sp³-hybridized carbons (Fsp3) is 0.250. The van der Waals surface area contributed by atoms with E-state index in [9.17, 15) is 9.59 Å². The molecule has 1 aliphatic heterocycles. The minimum absolute atomic E-state index is 0.0412. The van der Waals surface area contributed by atoms with Gasteiger partial charge in [0.25, 0.3) is 5.56 Å². The predicted molar refractivity (Wildman–Crippen MR) is 144 cm³/mol. The molecule has 0 saturated carbocycles. The molecule has 0 bridgehead atoms. The van der Waals surface area contributed by atoms with E-state index in [1.807, 2.05) is 0 Å². The highest BCUT2D eigenvalue weighted by Crippen LogP contribution is 2.33. The van der Waals surface area contributed by atoms with Crippen LogP contribution in [-0.4, -0.2) is 30.4 Å². The lowest BCUT2D eigenvalue weighted by atomic mass is 9.96. The number of hydrogen-bond acceptors (Lipinski definition) is 7. The van der Waals surface area contributed by atoms with Crippen molar-refractivity contribution in [3.8, 4) is 23.8 Å². The molecular weight excluding hydrogens is 512 g/mol. The van der Waals surface area contributed by atoms with Gasteiger partial charge in [0.2, 0.25) is 0 Å². The van der Waals surface area contributed by atoms with Crippen LogP contribution >= 0.6 is 22.9 Å². The van der Waals surface area contributed by atoms with E-state index in [2.05, 4.69) is 10.9 Å². The lowest BCUT2D eigenvalue weighted by Gasteiger charge is -2.25. The molecule has 0 aliphatic carbocycles. The van der Waals surface area contributed by atoms with E-state index in [1.165, 1.54) is 23.0 Å². The Morgan fingerprint density at radius 3 is 2.65 bits per heavy atom. The number of rotatable bonds is 7. The number of para-hydroxylation sites is 1. The second-order valence-electron chi connectivity index (χ2n) is 8.46. The Hall–Kier alpha value is -3.80. The van der Waals surface area contributed by atoms with Crippen LogP contribution in [0.5, 0.6) is 11.5 Å². The quantitative estimate of drug-likeness (QED) is 0.338. The molecule has 0 saturated heterocycles. The topological polar surface area (TPSA) is 79.1 Å². The normalized spacial score (nSPS) is 15.2. The van der Waals surface area contributed by atoms with Crippen molar-refractivity contribution in [2.75, 3.05) is 13.7 Å². The van der Waals surface area contributed by atoms with Gasteiger partial charge in [-0.05, 0) is 50.6 Å². The number of terminal acetylenes is 1. The molecule has 0 N–H and O–H groups in total. The molecule has 2 heterocycles. The molecule has 0 spiro atoms. The summed E-state index contributed by atoms with van der Waals surface area (Å²) in [4.78, 5) is 32.1. The number of halogens is 1. The standard InChI is InChI=1S/C28H25ClN2O5S/c1-6-14-35-25-19(8-7-9-21(25)34-5)15-22-26(32)31-24(18-10-12-20(29)13-11-18)23(27(33)36-16(2)3)17(4)30-28(31)37-22/h1,7-13,15-16,24H,14H2,2-5H3. The van der Waals surface area contributed by atoms with Gasteiger partial charge in [-0.3, -0.25) is 9.36 Å². The van der Waals surface area contributed by atoms with E-state index in [1.54, 1.807) is 69.3 Å². The van der Waals surface area contributed by atoms with E-state index in [-0.39, 0.29) is 18.3 Å². The Labute approximate surface area is 223 Å². The number of esters is 1. The largest absolute Gasteiger partial charge is 0.493 e. The van der Waals surface area contributed by atoms with Crippen molar-refractivity contribution in [2.45, 2.75) is 32.9 Å². The number of fused-ring (bicyclic) bond motifs is 1. The van der Waals surface area contributed by atoms with Crippen LogP contribution in [0.4, 0.5) is 0 Å². The first-order valence-corrected chi connectivity index (χ1v) is 12.7. The molecule has 1 atom stereocenters. The first kappa shape index (κ1) is 26.3. The first-order chi connectivity index (χ1) is 17.7. The lowest BCUT2D eigenvalue weighted by molar-refractivity contribution is -0.143. The number of allylic oxidation sites excluding steroid dienone is 1. The van der Waals surface area contributed by atoms with Crippen LogP contribution in [0.25, 0.3) is 6.08 Å². The molecule has 37 heavy (non-hydrogen) atoms. The highest BCUT2D eigenvalue weighted by Gasteiger charge is 2.33. The summed E-state index contributed by atoms with van der Waals surface area (Å²) in [5, 5.41) is 0.542. The molecule has 4 rings (SSSR count). The third kappa shape index (κ3) is 5.33. The van der Waals surface area contributed by atoms with Gasteiger partial charge in [0.15, 0.2) is 16.3 Å². The van der Waals surface area contributed by atoms with Gasteiger partial charge in [0.1, 0.15) is 6.61 Å². The number of nitrogens with zero attached hydrogens (tertiary/aromatic N) is 2. The maximum absolute atomic E-state index is 13.8. The van der Waals surface area contributed by atoms with Crippen molar-refractivity contribution in [2.24, 2.45) is 4.99 Å². The molecule has 0 amide bonds. The summed E-state index contributed by atoms with van der Waals surface area (Å²) in [6, 6.07) is 11.6. The molecule has 2 aromatic carbocycles. The van der Waals surface area contributed by atoms with Crippen LogP contribution in [-0.2, 0) is 9.53 Å². The Morgan fingerprint density at radius 2 is 2.00 bits per heavy atom. The molecule has 1 unspecified atom stereocenters. The van der Waals surface area contributed by atoms with Crippen LogP contribution in [0.3, 0.4) is 0 Å². The molecule has 1 aliphatic rings. The van der Waals surface area contributed by atoms with Crippen molar-refractivity contribution in [3.05, 3.63) is 89.6 Å². The zero-order valence-electron chi connectivity index (χ0n) is 20.8. The predicted octanol–water partition coefficient (Wildman–Crippen LogP) is 3.86. The van der Waals surface area contributed by atoms with Crippen LogP contribution in [0, 0.1) is 12.3 Å². The molecule has 7 nitrogen and oxygen atoms in total. The number of methoxy groups -OCH3 is 1. The molecule has 3 aromatic rings. The summed E-state index contributed by atoms with van der Waals surface area (Å²) in [5.41, 5.74) is 1.81. The highest BCUT2D eigenvalue weighted by atomic mass is 35.5. The molecular formula is C28H25ClN2O5S. The van der Waals surface area contributed by atoms with Gasteiger partial charge >= 0.3 is 5.97 Å². The Balaban J connectivity index is 1.94. The van der Waals surface area contributed by atoms with E-state index >= 15 is 0 Å². The number of hydrogen-bond donors (Lipinski definition) is 0. The summed E-state index contributed by atoms with van der Waals surface area (Å²) in [6.45, 7) is 5.33. The molecule has 190 valence electrons. The zero-order chi connectivity index (χ0) is 26.7. The van der Waals surface area contributed by atoms with Gasteiger partial charge in [-0.2, -0.15) is 0 Å². The number of benzene rings is 2. The third-order valence-corrected chi connectivity index (χ3v) is 6.82. The maximum Gasteiger partial charge on any atom is 0.338 e. The van der Waals surface area contributed by atoms with Gasteiger partial charge in [0.05, 0.1) is 35.1 Å². The third-order valence-electron chi connectivity index (χ3n) is 5.59. The Kier molecular flexibility index (Phi) is 7.86. The summed E-state index contributed by atoms with van der Waals surface area (Å²) in [6.07, 6.45) is 6.76. The van der Waals surface area contributed by atoms with Crippen LogP contribution in [0.1, 0.15) is 37.9 Å². The maximum atomic E-state index is 13.8. The van der Waals surface area contributed by atoms with Gasteiger partial charge in [-0.15, -0.1) is 6.42 Å². The summed E-state index contributed by atoms with van der Waals surface area (Å²) < 4.78 is 18.6. The van der Waals surface area contributed by atoms with E-state index in [0.717, 1.165) is 0 Å². The number of thiazole rings is 1. The molecule has 0 radical (unpaired) electrons. The summed E-state index contributed by atoms with van der Waals surface area (Å²) in [5.74, 6) is 2.84. The molecule has 0 fully saturated rings. The second-order valence-corrected chi connectivity index (χ2v) is 9.90. The Bertz CT molecular complexity index is 1590. The van der Waals surface area contributed by atoms with Crippen LogP contribution in [0.15, 0.2) is 63.5 Å². The monoisotopic (exact) mass is 536 g/mol. The number of carbonyl (C=O) groups excluding carboxylic acids is 1. The fourth-order valence-corrected chi connectivity index (χ4v) is 5.20. The smallest absolute Gasteiger partial charge is 0.338 e. The lowest BCUT2D eigenvalue weighted by Crippen LogP contribution is -2.40. The second kappa shape index (κ2) is 11.1. The molecule has 9 heteroatoms.